The predicted molar refractivity (Wildman–Crippen MR) is 94.1 cm³/mol. The van der Waals surface area contributed by atoms with Gasteiger partial charge in [0.05, 0.1) is 5.92 Å². The number of carbonyl (C=O) groups is 1. The molecule has 2 aliphatic carbocycles. The van der Waals surface area contributed by atoms with E-state index in [9.17, 15) is 4.79 Å². The summed E-state index contributed by atoms with van der Waals surface area (Å²) < 4.78 is 6.85. The highest BCUT2D eigenvalue weighted by Gasteiger charge is 2.61. The van der Waals surface area contributed by atoms with Gasteiger partial charge in [-0.1, -0.05) is 60.8 Å². The molecular weight excluding hydrogens is 352 g/mol. The van der Waals surface area contributed by atoms with Crippen LogP contribution in [0, 0.1) is 16.7 Å². The number of benzene rings is 1. The summed E-state index contributed by atoms with van der Waals surface area (Å²) in [5, 5.41) is 0. The Morgan fingerprint density at radius 3 is 2.52 bits per heavy atom. The van der Waals surface area contributed by atoms with Gasteiger partial charge in [-0.25, -0.2) is 0 Å². The third kappa shape index (κ3) is 2.15. The molecule has 3 heteroatoms. The average Bonchev–Trinajstić information content (AvgIpc) is 2.95. The molecular formula is C20H23BrO2. The van der Waals surface area contributed by atoms with Crippen LogP contribution in [0.3, 0.4) is 0 Å². The molecule has 1 aliphatic heterocycles. The van der Waals surface area contributed by atoms with Crippen LogP contribution in [0.2, 0.25) is 0 Å². The normalized spacial score (nSPS) is 37.8. The van der Waals surface area contributed by atoms with Crippen LogP contribution >= 0.6 is 15.9 Å². The fourth-order valence-corrected chi connectivity index (χ4v) is 5.63. The molecule has 4 atom stereocenters. The number of ether oxygens (including phenoxy) is 1. The quantitative estimate of drug-likeness (QED) is 0.496. The second kappa shape index (κ2) is 4.95. The molecule has 122 valence electrons. The number of esters is 1. The monoisotopic (exact) mass is 374 g/mol. The molecule has 4 rings (SSSR count). The smallest absolute Gasteiger partial charge is 0.314 e. The molecule has 1 aromatic rings. The Hall–Kier alpha value is -1.09. The van der Waals surface area contributed by atoms with Crippen LogP contribution in [0.1, 0.15) is 51.5 Å². The number of carbonyl (C=O) groups excluding carboxylic acids is 1. The van der Waals surface area contributed by atoms with Crippen molar-refractivity contribution in [2.24, 2.45) is 16.7 Å². The van der Waals surface area contributed by atoms with Gasteiger partial charge in [-0.05, 0) is 47.4 Å². The molecule has 3 aliphatic rings. The molecule has 1 saturated heterocycles. The second-order valence-electron chi connectivity index (χ2n) is 8.19. The van der Waals surface area contributed by atoms with E-state index in [1.807, 2.05) is 12.1 Å². The summed E-state index contributed by atoms with van der Waals surface area (Å²) in [4.78, 5) is 12.6. The summed E-state index contributed by atoms with van der Waals surface area (Å²) >= 11 is 3.48. The van der Waals surface area contributed by atoms with E-state index in [0.717, 1.165) is 16.5 Å². The zero-order chi connectivity index (χ0) is 16.4. The van der Waals surface area contributed by atoms with Gasteiger partial charge in [0.15, 0.2) is 0 Å². The van der Waals surface area contributed by atoms with Gasteiger partial charge in [0.25, 0.3) is 0 Å². The lowest BCUT2D eigenvalue weighted by molar-refractivity contribution is -0.141. The number of fused-ring (bicyclic) bond motifs is 3. The summed E-state index contributed by atoms with van der Waals surface area (Å²) in [5.41, 5.74) is 2.90. The Morgan fingerprint density at radius 2 is 1.83 bits per heavy atom. The summed E-state index contributed by atoms with van der Waals surface area (Å²) in [6, 6.07) is 8.17. The van der Waals surface area contributed by atoms with Gasteiger partial charge in [0.2, 0.25) is 0 Å². The summed E-state index contributed by atoms with van der Waals surface area (Å²) in [5.74, 6) is 0.0497. The van der Waals surface area contributed by atoms with Crippen LogP contribution in [0.4, 0.5) is 0 Å². The first-order valence-corrected chi connectivity index (χ1v) is 9.31. The van der Waals surface area contributed by atoms with Crippen LogP contribution in [0.25, 0.3) is 0 Å². The maximum Gasteiger partial charge on any atom is 0.314 e. The van der Waals surface area contributed by atoms with Gasteiger partial charge in [-0.15, -0.1) is 0 Å². The van der Waals surface area contributed by atoms with E-state index in [1.54, 1.807) is 0 Å². The summed E-state index contributed by atoms with van der Waals surface area (Å²) in [6.45, 7) is 7.04. The van der Waals surface area contributed by atoms with Gasteiger partial charge in [-0.2, -0.15) is 0 Å². The molecule has 1 heterocycles. The molecule has 23 heavy (non-hydrogen) atoms. The van der Waals surface area contributed by atoms with Crippen molar-refractivity contribution < 1.29 is 9.53 Å². The summed E-state index contributed by atoms with van der Waals surface area (Å²) in [7, 11) is 0. The average molecular weight is 375 g/mol. The Morgan fingerprint density at radius 1 is 1.13 bits per heavy atom. The van der Waals surface area contributed by atoms with Crippen LogP contribution < -0.4 is 0 Å². The van der Waals surface area contributed by atoms with Crippen molar-refractivity contribution in [2.75, 3.05) is 0 Å². The molecule has 2 fully saturated rings. The van der Waals surface area contributed by atoms with Gasteiger partial charge in [0.1, 0.15) is 6.10 Å². The van der Waals surface area contributed by atoms with E-state index in [-0.39, 0.29) is 34.7 Å². The Labute approximate surface area is 146 Å². The largest absolute Gasteiger partial charge is 0.457 e. The van der Waals surface area contributed by atoms with Crippen LogP contribution in [0.5, 0.6) is 0 Å². The van der Waals surface area contributed by atoms with Crippen LogP contribution in [0.15, 0.2) is 40.4 Å². The van der Waals surface area contributed by atoms with E-state index in [0.29, 0.717) is 0 Å². The number of hydrogen-bond acceptors (Lipinski definition) is 2. The Balaban J connectivity index is 1.78. The lowest BCUT2D eigenvalue weighted by atomic mass is 9.56. The maximum absolute atomic E-state index is 12.6. The zero-order valence-electron chi connectivity index (χ0n) is 13.9. The lowest BCUT2D eigenvalue weighted by Crippen LogP contribution is -2.39. The lowest BCUT2D eigenvalue weighted by Gasteiger charge is -2.46. The number of allylic oxidation sites excluding steroid dienone is 1. The first-order valence-electron chi connectivity index (χ1n) is 8.52. The molecule has 1 saturated carbocycles. The van der Waals surface area contributed by atoms with E-state index in [1.165, 1.54) is 18.4 Å². The Kier molecular flexibility index (Phi) is 3.32. The van der Waals surface area contributed by atoms with Crippen molar-refractivity contribution >= 4 is 21.9 Å². The molecule has 0 unspecified atom stereocenters. The van der Waals surface area contributed by atoms with Crippen molar-refractivity contribution in [3.63, 3.8) is 0 Å². The maximum atomic E-state index is 12.6. The van der Waals surface area contributed by atoms with Crippen molar-refractivity contribution in [2.45, 2.75) is 52.1 Å². The zero-order valence-corrected chi connectivity index (χ0v) is 15.5. The third-order valence-electron chi connectivity index (χ3n) is 6.36. The second-order valence-corrected chi connectivity index (χ2v) is 9.11. The predicted octanol–water partition coefficient (Wildman–Crippen LogP) is 5.23. The van der Waals surface area contributed by atoms with E-state index < -0.39 is 0 Å². The van der Waals surface area contributed by atoms with Gasteiger partial charge in [-0.3, -0.25) is 4.79 Å². The number of halogens is 1. The van der Waals surface area contributed by atoms with Gasteiger partial charge >= 0.3 is 5.97 Å². The fourth-order valence-electron chi connectivity index (χ4n) is 5.37. The highest BCUT2D eigenvalue weighted by Crippen LogP contribution is 2.64. The number of hydrogen-bond donors (Lipinski definition) is 0. The van der Waals surface area contributed by atoms with E-state index in [2.05, 4.69) is 54.9 Å². The fraction of sp³-hybridized carbons (Fsp3) is 0.550. The van der Waals surface area contributed by atoms with Crippen LogP contribution in [-0.4, -0.2) is 12.1 Å². The molecule has 0 spiro atoms. The topological polar surface area (TPSA) is 26.3 Å². The molecule has 0 amide bonds. The van der Waals surface area contributed by atoms with Crippen LogP contribution in [-0.2, 0) is 9.53 Å². The van der Waals surface area contributed by atoms with Gasteiger partial charge < -0.3 is 4.74 Å². The molecule has 2 nitrogen and oxygen atoms in total. The first-order chi connectivity index (χ1) is 10.8. The van der Waals surface area contributed by atoms with Crippen molar-refractivity contribution in [3.05, 3.63) is 46.0 Å². The van der Waals surface area contributed by atoms with E-state index in [4.69, 9.17) is 4.74 Å². The first kappa shape index (κ1) is 15.4. The molecule has 0 bridgehead atoms. The number of rotatable bonds is 1. The standard InChI is InChI=1S/C20H23BrO2/c1-19(2)9-4-10-20(3)15(19)11-14-17(20)16(18(22)23-14)12-5-7-13(21)8-6-12/h5-8,11,14,16-17H,4,9-10H2,1-3H3/t14-,16-,17+,20+/m1/s1. The highest BCUT2D eigenvalue weighted by atomic mass is 79.9. The minimum atomic E-state index is -0.138. The highest BCUT2D eigenvalue weighted by molar-refractivity contribution is 9.10. The van der Waals surface area contributed by atoms with E-state index >= 15 is 0 Å². The molecule has 0 aromatic heterocycles. The Bertz CT molecular complexity index is 688. The van der Waals surface area contributed by atoms with Crippen molar-refractivity contribution in [3.8, 4) is 0 Å². The third-order valence-corrected chi connectivity index (χ3v) is 6.89. The van der Waals surface area contributed by atoms with Crippen molar-refractivity contribution in [1.82, 2.24) is 0 Å². The molecule has 1 aromatic carbocycles. The minimum absolute atomic E-state index is 0.0477. The van der Waals surface area contributed by atoms with Gasteiger partial charge in [0, 0.05) is 10.4 Å². The SMILES string of the molecule is CC1(C)CCC[C@@]2(C)C1=C[C@H]1OC(=O)[C@H](c3ccc(Br)cc3)[C@H]12. The molecule has 0 radical (unpaired) electrons. The summed E-state index contributed by atoms with van der Waals surface area (Å²) in [6.07, 6.45) is 5.84. The molecule has 0 N–H and O–H groups in total. The van der Waals surface area contributed by atoms with Crippen molar-refractivity contribution in [1.29, 1.82) is 0 Å². The minimum Gasteiger partial charge on any atom is -0.457 e.